The minimum atomic E-state index is -0.396. The van der Waals surface area contributed by atoms with Crippen molar-refractivity contribution < 1.29 is 18.7 Å². The summed E-state index contributed by atoms with van der Waals surface area (Å²) in [5.74, 6) is 0.317. The third-order valence-electron chi connectivity index (χ3n) is 5.65. The fourth-order valence-corrected chi connectivity index (χ4v) is 4.33. The van der Waals surface area contributed by atoms with Crippen LogP contribution in [0.3, 0.4) is 0 Å². The van der Waals surface area contributed by atoms with Crippen molar-refractivity contribution in [3.63, 3.8) is 0 Å². The minimum Gasteiger partial charge on any atom is -0.488 e. The molecule has 178 valence electrons. The molecule has 7 nitrogen and oxygen atoms in total. The zero-order valence-electron chi connectivity index (χ0n) is 19.3. The highest BCUT2D eigenvalue weighted by Gasteiger charge is 2.30. The maximum atomic E-state index is 13.7. The highest BCUT2D eigenvalue weighted by molar-refractivity contribution is 9.10. The molecule has 1 N–H and O–H groups in total. The molecule has 9 heteroatoms. The van der Waals surface area contributed by atoms with Crippen LogP contribution in [0.15, 0.2) is 46.9 Å². The zero-order valence-corrected chi connectivity index (χ0v) is 20.9. The molecule has 4 rings (SSSR count). The Hall–Kier alpha value is -3.20. The van der Waals surface area contributed by atoms with Crippen molar-refractivity contribution in [2.24, 2.45) is 13.0 Å². The maximum Gasteiger partial charge on any atom is 0.232 e. The Labute approximate surface area is 206 Å². The molecule has 2 aromatic carbocycles. The van der Waals surface area contributed by atoms with Gasteiger partial charge >= 0.3 is 0 Å². The number of aromatic nitrogens is 2. The molecule has 2 heterocycles. The van der Waals surface area contributed by atoms with Crippen LogP contribution in [0.4, 0.5) is 10.2 Å². The fraction of sp³-hybridized carbons (Fsp3) is 0.320. The monoisotopic (exact) mass is 528 g/mol. The van der Waals surface area contributed by atoms with Gasteiger partial charge in [-0.1, -0.05) is 41.9 Å². The molecule has 1 aromatic heterocycles. The van der Waals surface area contributed by atoms with E-state index in [-0.39, 0.29) is 43.8 Å². The van der Waals surface area contributed by atoms with Crippen molar-refractivity contribution in [3.05, 3.63) is 63.9 Å². The van der Waals surface area contributed by atoms with Crippen molar-refractivity contribution in [2.75, 3.05) is 18.0 Å². The van der Waals surface area contributed by atoms with Crippen LogP contribution in [0.2, 0.25) is 0 Å². The zero-order chi connectivity index (χ0) is 24.4. The van der Waals surface area contributed by atoms with Gasteiger partial charge in [-0.2, -0.15) is 5.10 Å². The Morgan fingerprint density at radius 3 is 2.79 bits per heavy atom. The lowest BCUT2D eigenvalue weighted by atomic mass is 10.0. The number of rotatable bonds is 7. The van der Waals surface area contributed by atoms with Gasteiger partial charge in [0.25, 0.3) is 0 Å². The highest BCUT2D eigenvalue weighted by atomic mass is 79.9. The van der Waals surface area contributed by atoms with E-state index in [4.69, 9.17) is 4.74 Å². The van der Waals surface area contributed by atoms with Gasteiger partial charge in [0.05, 0.1) is 17.7 Å². The number of amides is 2. The summed E-state index contributed by atoms with van der Waals surface area (Å²) in [6.07, 6.45) is 0.00419. The van der Waals surface area contributed by atoms with Crippen molar-refractivity contribution in [2.45, 2.75) is 26.9 Å². The van der Waals surface area contributed by atoms with Gasteiger partial charge in [-0.15, -0.1) is 0 Å². The number of nitrogens with zero attached hydrogens (tertiary/aromatic N) is 3. The molecule has 0 saturated heterocycles. The van der Waals surface area contributed by atoms with E-state index in [1.54, 1.807) is 21.7 Å². The molecule has 0 aliphatic carbocycles. The number of anilines is 1. The Bertz CT molecular complexity index is 1240. The summed E-state index contributed by atoms with van der Waals surface area (Å²) in [7, 11) is 1.83. The van der Waals surface area contributed by atoms with Gasteiger partial charge in [0, 0.05) is 36.1 Å². The second-order valence-electron chi connectivity index (χ2n) is 8.50. The molecular weight excluding hydrogens is 503 g/mol. The highest BCUT2D eigenvalue weighted by Crippen LogP contribution is 2.42. The van der Waals surface area contributed by atoms with E-state index in [1.807, 2.05) is 39.1 Å². The predicted molar refractivity (Wildman–Crippen MR) is 131 cm³/mol. The van der Waals surface area contributed by atoms with E-state index >= 15 is 0 Å². The number of aryl methyl sites for hydroxylation is 1. The van der Waals surface area contributed by atoms with E-state index in [2.05, 4.69) is 26.3 Å². The van der Waals surface area contributed by atoms with Crippen molar-refractivity contribution in [3.8, 4) is 17.0 Å². The molecular formula is C25H26BrFN4O3. The largest absolute Gasteiger partial charge is 0.488 e. The Morgan fingerprint density at radius 2 is 2.06 bits per heavy atom. The first-order valence-corrected chi connectivity index (χ1v) is 11.8. The first-order chi connectivity index (χ1) is 16.2. The van der Waals surface area contributed by atoms with Gasteiger partial charge in [-0.25, -0.2) is 4.39 Å². The van der Waals surface area contributed by atoms with Crippen molar-refractivity contribution in [1.29, 1.82) is 0 Å². The molecule has 3 aromatic rings. The summed E-state index contributed by atoms with van der Waals surface area (Å²) in [5, 5.41) is 7.53. The van der Waals surface area contributed by atoms with E-state index in [0.717, 1.165) is 27.0 Å². The summed E-state index contributed by atoms with van der Waals surface area (Å²) < 4.78 is 22.3. The van der Waals surface area contributed by atoms with Crippen LogP contribution < -0.4 is 15.0 Å². The number of halogens is 2. The topological polar surface area (TPSA) is 76.5 Å². The van der Waals surface area contributed by atoms with Gasteiger partial charge in [0.15, 0.2) is 5.82 Å². The number of nitrogens with one attached hydrogen (secondary N) is 1. The smallest absolute Gasteiger partial charge is 0.232 e. The van der Waals surface area contributed by atoms with E-state index in [1.165, 1.54) is 12.1 Å². The number of carbonyl (C=O) groups is 2. The lowest BCUT2D eigenvalue weighted by molar-refractivity contribution is -0.124. The van der Waals surface area contributed by atoms with Gasteiger partial charge in [-0.3, -0.25) is 19.2 Å². The minimum absolute atomic E-state index is 0.00419. The third-order valence-corrected chi connectivity index (χ3v) is 6.15. The Morgan fingerprint density at radius 1 is 1.26 bits per heavy atom. The molecule has 0 bridgehead atoms. The molecule has 2 amide bonds. The molecule has 0 unspecified atom stereocenters. The first kappa shape index (κ1) is 23.9. The predicted octanol–water partition coefficient (Wildman–Crippen LogP) is 4.23. The summed E-state index contributed by atoms with van der Waals surface area (Å²) in [6.45, 7) is 4.37. The van der Waals surface area contributed by atoms with Crippen LogP contribution in [-0.4, -0.2) is 34.7 Å². The SMILES string of the molecule is CC(C)C(=O)NCCN(C(=O)Cc1cccc(F)c1)c1nn(C)c2c1COc1ccc(Br)cc1-2. The van der Waals surface area contributed by atoms with Crippen LogP contribution >= 0.6 is 15.9 Å². The van der Waals surface area contributed by atoms with E-state index < -0.39 is 5.82 Å². The van der Waals surface area contributed by atoms with Gasteiger partial charge < -0.3 is 10.1 Å². The molecule has 0 radical (unpaired) electrons. The number of hydrogen-bond acceptors (Lipinski definition) is 4. The standard InChI is InChI=1S/C25H26BrFN4O3/c1-15(2)25(33)28-9-10-31(22(32)12-16-5-4-6-18(27)11-16)24-20-14-34-21-8-7-17(26)13-19(21)23(20)30(3)29-24/h4-8,11,13,15H,9-10,12,14H2,1-3H3,(H,28,33). The first-order valence-electron chi connectivity index (χ1n) is 11.1. The number of fused-ring (bicyclic) bond motifs is 3. The quantitative estimate of drug-likeness (QED) is 0.497. The van der Waals surface area contributed by atoms with Crippen molar-refractivity contribution in [1.82, 2.24) is 15.1 Å². The third kappa shape index (κ3) is 4.99. The van der Waals surface area contributed by atoms with E-state index in [9.17, 15) is 14.0 Å². The van der Waals surface area contributed by atoms with E-state index in [0.29, 0.717) is 11.4 Å². The molecule has 0 spiro atoms. The maximum absolute atomic E-state index is 13.7. The van der Waals surface area contributed by atoms with Crippen LogP contribution in [0.25, 0.3) is 11.3 Å². The molecule has 0 atom stereocenters. The Balaban J connectivity index is 1.68. The van der Waals surface area contributed by atoms with Gasteiger partial charge in [-0.05, 0) is 35.9 Å². The average molecular weight is 529 g/mol. The van der Waals surface area contributed by atoms with Crippen molar-refractivity contribution >= 4 is 33.6 Å². The van der Waals surface area contributed by atoms with Crippen LogP contribution in [0.1, 0.15) is 25.0 Å². The number of ether oxygens (including phenoxy) is 1. The van der Waals surface area contributed by atoms with Crippen LogP contribution in [0.5, 0.6) is 5.75 Å². The molecule has 1 aliphatic heterocycles. The van der Waals surface area contributed by atoms with Crippen LogP contribution in [0, 0.1) is 11.7 Å². The lowest BCUT2D eigenvalue weighted by Crippen LogP contribution is -2.41. The van der Waals surface area contributed by atoms with Crippen LogP contribution in [-0.2, 0) is 29.7 Å². The average Bonchev–Trinajstić information content (AvgIpc) is 3.12. The summed E-state index contributed by atoms with van der Waals surface area (Å²) in [4.78, 5) is 27.0. The molecule has 1 aliphatic rings. The number of hydrogen-bond donors (Lipinski definition) is 1. The summed E-state index contributed by atoms with van der Waals surface area (Å²) in [5.41, 5.74) is 3.10. The number of benzene rings is 2. The second kappa shape index (κ2) is 9.97. The number of carbonyl (C=O) groups excluding carboxylic acids is 2. The normalized spacial score (nSPS) is 12.1. The summed E-state index contributed by atoms with van der Waals surface area (Å²) >= 11 is 3.51. The fourth-order valence-electron chi connectivity index (χ4n) is 3.96. The molecule has 0 saturated carbocycles. The molecule has 34 heavy (non-hydrogen) atoms. The second-order valence-corrected chi connectivity index (χ2v) is 9.42. The molecule has 0 fully saturated rings. The van der Waals surface area contributed by atoms with Gasteiger partial charge in [0.2, 0.25) is 11.8 Å². The summed E-state index contributed by atoms with van der Waals surface area (Å²) in [6, 6.07) is 11.7. The Kier molecular flexibility index (Phi) is 7.02. The lowest BCUT2D eigenvalue weighted by Gasteiger charge is -2.24. The van der Waals surface area contributed by atoms with Gasteiger partial charge in [0.1, 0.15) is 18.2 Å².